The van der Waals surface area contributed by atoms with Crippen LogP contribution in [0.15, 0.2) is 60.7 Å². The summed E-state index contributed by atoms with van der Waals surface area (Å²) in [6, 6.07) is 13.4. The molecule has 0 fully saturated rings. The van der Waals surface area contributed by atoms with Gasteiger partial charge in [0.05, 0.1) is 12.1 Å². The van der Waals surface area contributed by atoms with E-state index in [0.29, 0.717) is 6.42 Å². The number of carbonyl (C=O) groups excluding carboxylic acids is 4. The van der Waals surface area contributed by atoms with Crippen LogP contribution in [0, 0.1) is 5.41 Å². The second-order valence-corrected chi connectivity index (χ2v) is 9.72. The number of aliphatic hydroxyl groups excluding tert-OH is 1. The van der Waals surface area contributed by atoms with E-state index in [1.807, 2.05) is 36.4 Å². The highest BCUT2D eigenvalue weighted by molar-refractivity contribution is 5.95. The normalized spacial score (nSPS) is 14.4. The van der Waals surface area contributed by atoms with Crippen molar-refractivity contribution < 1.29 is 24.3 Å². The van der Waals surface area contributed by atoms with Gasteiger partial charge in [0.2, 0.25) is 23.6 Å². The zero-order valence-electron chi connectivity index (χ0n) is 23.0. The van der Waals surface area contributed by atoms with Crippen molar-refractivity contribution in [2.45, 2.75) is 62.9 Å². The van der Waals surface area contributed by atoms with Gasteiger partial charge in [0.25, 0.3) is 0 Å². The number of aliphatic hydroxyl groups is 1. The summed E-state index contributed by atoms with van der Waals surface area (Å²) in [6.45, 7) is 1.56. The lowest BCUT2D eigenvalue weighted by atomic mass is 10.0. The minimum absolute atomic E-state index is 0.0860. The molecule has 0 saturated carbocycles. The first-order valence-corrected chi connectivity index (χ1v) is 13.3. The second kappa shape index (κ2) is 16.6. The average Bonchev–Trinajstić information content (AvgIpc) is 2.93. The first-order chi connectivity index (χ1) is 19.5. The number of benzene rings is 2. The number of nitrogens with two attached hydrogens (primary N) is 3. The number of primary amides is 1. The molecule has 0 bridgehead atoms. The Balaban J connectivity index is 2.13. The second-order valence-electron chi connectivity index (χ2n) is 9.72. The summed E-state index contributed by atoms with van der Waals surface area (Å²) in [6.07, 6.45) is -0.568. The van der Waals surface area contributed by atoms with Crippen LogP contribution in [-0.2, 0) is 32.0 Å². The Hall–Kier alpha value is -4.49. The quantitative estimate of drug-likeness (QED) is 0.0646. The Morgan fingerprint density at radius 1 is 0.805 bits per heavy atom. The number of rotatable bonds is 16. The molecule has 0 aromatic heterocycles. The summed E-state index contributed by atoms with van der Waals surface area (Å²) in [5.74, 6) is -3.17. The molecule has 5 unspecified atom stereocenters. The zero-order valence-corrected chi connectivity index (χ0v) is 23.0. The monoisotopic (exact) mass is 568 g/mol. The third-order valence-electron chi connectivity index (χ3n) is 6.26. The highest BCUT2D eigenvalue weighted by Gasteiger charge is 2.32. The van der Waals surface area contributed by atoms with Crippen LogP contribution in [0.1, 0.15) is 30.9 Å². The molecule has 2 aromatic carbocycles. The van der Waals surface area contributed by atoms with Crippen LogP contribution >= 0.6 is 0 Å². The number of amides is 4. The minimum atomic E-state index is -1.41. The van der Waals surface area contributed by atoms with Crippen LogP contribution in [0.5, 0.6) is 0 Å². The molecule has 41 heavy (non-hydrogen) atoms. The lowest BCUT2D eigenvalue weighted by molar-refractivity contribution is -0.135. The summed E-state index contributed by atoms with van der Waals surface area (Å²) >= 11 is 0. The molecule has 0 heterocycles. The van der Waals surface area contributed by atoms with Gasteiger partial charge in [-0.05, 0) is 37.3 Å². The minimum Gasteiger partial charge on any atom is -0.391 e. The molecule has 2 aromatic rings. The van der Waals surface area contributed by atoms with E-state index in [9.17, 15) is 24.3 Å². The van der Waals surface area contributed by atoms with Crippen LogP contribution in [0.25, 0.3) is 0 Å². The lowest BCUT2D eigenvalue weighted by Gasteiger charge is -2.27. The van der Waals surface area contributed by atoms with Crippen molar-refractivity contribution in [3.8, 4) is 0 Å². The maximum Gasteiger partial charge on any atom is 0.245 e. The molecule has 0 saturated heterocycles. The van der Waals surface area contributed by atoms with Crippen molar-refractivity contribution in [2.75, 3.05) is 6.54 Å². The van der Waals surface area contributed by atoms with E-state index in [-0.39, 0.29) is 31.8 Å². The van der Waals surface area contributed by atoms with E-state index in [1.165, 1.54) is 6.92 Å². The average molecular weight is 569 g/mol. The molecule has 0 aliphatic heterocycles. The Morgan fingerprint density at radius 2 is 1.34 bits per heavy atom. The van der Waals surface area contributed by atoms with Crippen LogP contribution < -0.4 is 38.5 Å². The largest absolute Gasteiger partial charge is 0.391 e. The van der Waals surface area contributed by atoms with Gasteiger partial charge in [-0.25, -0.2) is 0 Å². The molecule has 0 aliphatic rings. The van der Waals surface area contributed by atoms with Crippen molar-refractivity contribution in [3.05, 3.63) is 71.8 Å². The molecule has 0 aliphatic carbocycles. The number of hydrogen-bond acceptors (Lipinski definition) is 7. The van der Waals surface area contributed by atoms with Crippen LogP contribution in [-0.4, -0.2) is 71.5 Å². The zero-order chi connectivity index (χ0) is 30.4. The van der Waals surface area contributed by atoms with Gasteiger partial charge in [-0.3, -0.25) is 24.6 Å². The van der Waals surface area contributed by atoms with E-state index in [0.717, 1.165) is 11.1 Å². The lowest BCUT2D eigenvalue weighted by Crippen LogP contribution is -2.60. The van der Waals surface area contributed by atoms with Crippen LogP contribution in [0.2, 0.25) is 0 Å². The smallest absolute Gasteiger partial charge is 0.245 e. The first kappa shape index (κ1) is 32.7. The molecular formula is C28H40N8O5. The number of guanidine groups is 1. The fraction of sp³-hybridized carbons (Fsp3) is 0.393. The number of nitrogens with one attached hydrogen (secondary N) is 5. The van der Waals surface area contributed by atoms with Gasteiger partial charge >= 0.3 is 0 Å². The molecule has 13 heteroatoms. The van der Waals surface area contributed by atoms with Crippen molar-refractivity contribution in [3.63, 3.8) is 0 Å². The summed E-state index contributed by atoms with van der Waals surface area (Å²) in [5.41, 5.74) is 18.5. The fourth-order valence-electron chi connectivity index (χ4n) is 4.03. The van der Waals surface area contributed by atoms with Crippen LogP contribution in [0.4, 0.5) is 0 Å². The van der Waals surface area contributed by atoms with E-state index < -0.39 is 53.9 Å². The fourth-order valence-corrected chi connectivity index (χ4v) is 4.03. The van der Waals surface area contributed by atoms with E-state index in [2.05, 4.69) is 21.3 Å². The third-order valence-corrected chi connectivity index (χ3v) is 6.26. The molecule has 13 nitrogen and oxygen atoms in total. The molecule has 0 radical (unpaired) electrons. The topological polar surface area (TPSA) is 239 Å². The van der Waals surface area contributed by atoms with Crippen molar-refractivity contribution in [1.82, 2.24) is 21.3 Å². The summed E-state index contributed by atoms with van der Waals surface area (Å²) in [4.78, 5) is 51.3. The van der Waals surface area contributed by atoms with Gasteiger partial charge in [0, 0.05) is 13.0 Å². The van der Waals surface area contributed by atoms with Gasteiger partial charge in [0.1, 0.15) is 18.1 Å². The van der Waals surface area contributed by atoms with Gasteiger partial charge in [0.15, 0.2) is 5.96 Å². The SMILES string of the molecule is CC(O)C(NC(=O)C(N)Cc1ccccc1)C(=O)NC(CCCNC(=N)N)C(=O)NC(Cc1ccccc1)C(N)=O. The Labute approximate surface area is 239 Å². The molecule has 2 rings (SSSR count). The van der Waals surface area contributed by atoms with Crippen molar-refractivity contribution >= 4 is 29.6 Å². The predicted octanol–water partition coefficient (Wildman–Crippen LogP) is -1.62. The van der Waals surface area contributed by atoms with Gasteiger partial charge in [-0.2, -0.15) is 0 Å². The number of carbonyl (C=O) groups is 4. The molecular weight excluding hydrogens is 528 g/mol. The first-order valence-electron chi connectivity index (χ1n) is 13.3. The molecule has 4 amide bonds. The predicted molar refractivity (Wildman–Crippen MR) is 154 cm³/mol. The molecule has 5 atom stereocenters. The Kier molecular flexibility index (Phi) is 13.2. The van der Waals surface area contributed by atoms with Gasteiger partial charge < -0.3 is 43.6 Å². The maximum atomic E-state index is 13.2. The van der Waals surface area contributed by atoms with E-state index in [1.54, 1.807) is 24.3 Å². The summed E-state index contributed by atoms with van der Waals surface area (Å²) in [5, 5.41) is 27.8. The van der Waals surface area contributed by atoms with Crippen molar-refractivity contribution in [1.29, 1.82) is 5.41 Å². The summed E-state index contributed by atoms with van der Waals surface area (Å²) < 4.78 is 0. The molecule has 222 valence electrons. The standard InChI is InChI=1S/C28H40N8O5/c1-17(37)23(36-25(39)20(29)15-18-9-4-2-5-10-18)27(41)34-21(13-8-14-33-28(31)32)26(40)35-22(24(30)38)16-19-11-6-3-7-12-19/h2-7,9-12,17,20-23,37H,8,13-16,29H2,1H3,(H2,30,38)(H,34,41)(H,35,40)(H,36,39)(H4,31,32,33). The summed E-state index contributed by atoms with van der Waals surface area (Å²) in [7, 11) is 0. The number of hydrogen-bond donors (Lipinski definition) is 9. The molecule has 12 N–H and O–H groups in total. The Morgan fingerprint density at radius 3 is 1.85 bits per heavy atom. The third kappa shape index (κ3) is 11.6. The van der Waals surface area contributed by atoms with Gasteiger partial charge in [-0.1, -0.05) is 60.7 Å². The van der Waals surface area contributed by atoms with Crippen LogP contribution in [0.3, 0.4) is 0 Å². The highest BCUT2D eigenvalue weighted by Crippen LogP contribution is 2.07. The molecule has 0 spiro atoms. The Bertz CT molecular complexity index is 1160. The van der Waals surface area contributed by atoms with E-state index in [4.69, 9.17) is 22.6 Å². The van der Waals surface area contributed by atoms with Gasteiger partial charge in [-0.15, -0.1) is 0 Å². The van der Waals surface area contributed by atoms with Crippen molar-refractivity contribution in [2.24, 2.45) is 17.2 Å². The highest BCUT2D eigenvalue weighted by atomic mass is 16.3. The maximum absolute atomic E-state index is 13.2. The van der Waals surface area contributed by atoms with E-state index >= 15 is 0 Å².